The minimum absolute atomic E-state index is 0.0128. The van der Waals surface area contributed by atoms with Gasteiger partial charge in [0.05, 0.1) is 16.6 Å². The van der Waals surface area contributed by atoms with Crippen LogP contribution in [0.1, 0.15) is 43.1 Å². The lowest BCUT2D eigenvalue weighted by Crippen LogP contribution is -2.38. The summed E-state index contributed by atoms with van der Waals surface area (Å²) in [6.07, 6.45) is 1.52. The first-order valence-electron chi connectivity index (χ1n) is 6.48. The summed E-state index contributed by atoms with van der Waals surface area (Å²) >= 11 is 0. The number of para-hydroxylation sites is 1. The first-order valence-corrected chi connectivity index (χ1v) is 6.48. The van der Waals surface area contributed by atoms with E-state index in [1.165, 1.54) is 10.6 Å². The van der Waals surface area contributed by atoms with Crippen molar-refractivity contribution >= 4 is 17.0 Å². The van der Waals surface area contributed by atoms with Crippen LogP contribution in [0.25, 0.3) is 11.0 Å². The number of H-pyrrole nitrogens is 1. The summed E-state index contributed by atoms with van der Waals surface area (Å²) in [6.45, 7) is 3.78. The van der Waals surface area contributed by atoms with Gasteiger partial charge in [-0.15, -0.1) is 0 Å². The van der Waals surface area contributed by atoms with Gasteiger partial charge in [-0.25, -0.2) is 4.79 Å². The average Bonchev–Trinajstić information content (AvgIpc) is 2.39. The van der Waals surface area contributed by atoms with E-state index in [0.29, 0.717) is 11.9 Å². The van der Waals surface area contributed by atoms with Crippen molar-refractivity contribution in [3.63, 3.8) is 0 Å². The van der Waals surface area contributed by atoms with Crippen molar-refractivity contribution in [1.82, 2.24) is 9.55 Å². The molecule has 20 heavy (non-hydrogen) atoms. The fourth-order valence-corrected chi connectivity index (χ4v) is 2.43. The van der Waals surface area contributed by atoms with Gasteiger partial charge in [0.25, 0.3) is 0 Å². The quantitative estimate of drug-likeness (QED) is 0.832. The van der Waals surface area contributed by atoms with Crippen LogP contribution in [-0.2, 0) is 0 Å². The van der Waals surface area contributed by atoms with Gasteiger partial charge in [0.1, 0.15) is 0 Å². The Labute approximate surface area is 114 Å². The van der Waals surface area contributed by atoms with Crippen LogP contribution < -0.4 is 11.1 Å². The maximum absolute atomic E-state index is 12.1. The lowest BCUT2D eigenvalue weighted by Gasteiger charge is -2.17. The number of fused-ring (bicyclic) bond motifs is 1. The molecule has 2 N–H and O–H groups in total. The average molecular weight is 276 g/mol. The van der Waals surface area contributed by atoms with E-state index in [0.717, 1.165) is 6.42 Å². The van der Waals surface area contributed by atoms with Gasteiger partial charge >= 0.3 is 17.1 Å². The monoisotopic (exact) mass is 276 g/mol. The third kappa shape index (κ3) is 2.24. The molecule has 0 amide bonds. The van der Waals surface area contributed by atoms with Gasteiger partial charge < -0.3 is 10.1 Å². The summed E-state index contributed by atoms with van der Waals surface area (Å²) in [7, 11) is 0. The smallest absolute Gasteiger partial charge is 0.337 e. The molecule has 0 spiro atoms. The first kappa shape index (κ1) is 14.0. The Bertz CT molecular complexity index is 773. The van der Waals surface area contributed by atoms with Crippen molar-refractivity contribution in [2.75, 3.05) is 0 Å². The van der Waals surface area contributed by atoms with Gasteiger partial charge in [0.15, 0.2) is 0 Å². The number of aromatic nitrogens is 2. The zero-order chi connectivity index (χ0) is 14.9. The number of hydrogen-bond donors (Lipinski definition) is 2. The molecule has 1 unspecified atom stereocenters. The zero-order valence-corrected chi connectivity index (χ0v) is 11.3. The molecule has 0 aliphatic rings. The highest BCUT2D eigenvalue weighted by molar-refractivity contribution is 6.00. The third-order valence-electron chi connectivity index (χ3n) is 3.32. The number of aromatic carboxylic acids is 1. The number of hydrogen-bond acceptors (Lipinski definition) is 3. The second kappa shape index (κ2) is 5.32. The SMILES string of the molecule is CCCC(C)n1c(=O)c(=O)[nH]c2cccc(C(=O)O)c21. The molecular formula is C14H16N2O4. The van der Waals surface area contributed by atoms with Crippen LogP contribution in [0.2, 0.25) is 0 Å². The molecule has 1 aromatic heterocycles. The summed E-state index contributed by atoms with van der Waals surface area (Å²) < 4.78 is 1.29. The molecule has 0 aliphatic heterocycles. The molecule has 0 fully saturated rings. The Morgan fingerprint density at radius 3 is 2.70 bits per heavy atom. The highest BCUT2D eigenvalue weighted by Gasteiger charge is 2.18. The van der Waals surface area contributed by atoms with Crippen LogP contribution in [0, 0.1) is 0 Å². The number of rotatable bonds is 4. The maximum Gasteiger partial charge on any atom is 0.337 e. The lowest BCUT2D eigenvalue weighted by atomic mass is 10.1. The first-order chi connectivity index (χ1) is 9.47. The number of carboxylic acids is 1. The van der Waals surface area contributed by atoms with Gasteiger partial charge in [-0.3, -0.25) is 14.2 Å². The van der Waals surface area contributed by atoms with Crippen molar-refractivity contribution in [3.8, 4) is 0 Å². The second-order valence-electron chi connectivity index (χ2n) is 4.77. The molecule has 106 valence electrons. The van der Waals surface area contributed by atoms with E-state index < -0.39 is 17.1 Å². The van der Waals surface area contributed by atoms with Gasteiger partial charge in [-0.05, 0) is 25.5 Å². The van der Waals surface area contributed by atoms with Gasteiger partial charge in [0, 0.05) is 6.04 Å². The normalized spacial score (nSPS) is 12.5. The van der Waals surface area contributed by atoms with E-state index >= 15 is 0 Å². The number of carbonyl (C=O) groups is 1. The standard InChI is InChI=1S/C14H16N2O4/c1-3-5-8(2)16-11-9(14(19)20)6-4-7-10(11)15-12(17)13(16)18/h4,6-8H,3,5H2,1-2H3,(H,15,17)(H,19,20). The molecule has 0 bridgehead atoms. The van der Waals surface area contributed by atoms with Crippen molar-refractivity contribution in [1.29, 1.82) is 0 Å². The molecule has 2 aromatic rings. The largest absolute Gasteiger partial charge is 0.478 e. The number of carboxylic acid groups (broad SMARTS) is 1. The molecule has 0 radical (unpaired) electrons. The molecule has 1 heterocycles. The molecule has 6 heteroatoms. The topological polar surface area (TPSA) is 92.2 Å². The predicted molar refractivity (Wildman–Crippen MR) is 75.4 cm³/mol. The summed E-state index contributed by atoms with van der Waals surface area (Å²) in [4.78, 5) is 37.6. The predicted octanol–water partition coefficient (Wildman–Crippen LogP) is 1.75. The van der Waals surface area contributed by atoms with Gasteiger partial charge in [-0.1, -0.05) is 19.4 Å². The Morgan fingerprint density at radius 2 is 2.10 bits per heavy atom. The Kier molecular flexibility index (Phi) is 3.74. The van der Waals surface area contributed by atoms with Crippen LogP contribution in [0.3, 0.4) is 0 Å². The highest BCUT2D eigenvalue weighted by atomic mass is 16.4. The van der Waals surface area contributed by atoms with E-state index in [-0.39, 0.29) is 17.1 Å². The summed E-state index contributed by atoms with van der Waals surface area (Å²) in [5.41, 5.74) is -0.808. The number of aromatic amines is 1. The molecule has 0 saturated heterocycles. The van der Waals surface area contributed by atoms with Crippen molar-refractivity contribution in [2.24, 2.45) is 0 Å². The summed E-state index contributed by atoms with van der Waals surface area (Å²) in [6, 6.07) is 4.33. The Hall–Kier alpha value is -2.37. The molecule has 0 aliphatic carbocycles. The van der Waals surface area contributed by atoms with E-state index in [9.17, 15) is 19.5 Å². The van der Waals surface area contributed by atoms with E-state index in [2.05, 4.69) is 4.98 Å². The fourth-order valence-electron chi connectivity index (χ4n) is 2.43. The summed E-state index contributed by atoms with van der Waals surface area (Å²) in [5, 5.41) is 9.27. The van der Waals surface area contributed by atoms with E-state index in [1.54, 1.807) is 12.1 Å². The number of benzene rings is 1. The fraction of sp³-hybridized carbons (Fsp3) is 0.357. The van der Waals surface area contributed by atoms with Crippen LogP contribution in [0.15, 0.2) is 27.8 Å². The molecule has 2 rings (SSSR count). The van der Waals surface area contributed by atoms with Gasteiger partial charge in [0.2, 0.25) is 0 Å². The van der Waals surface area contributed by atoms with Gasteiger partial charge in [-0.2, -0.15) is 0 Å². The number of nitrogens with one attached hydrogen (secondary N) is 1. The van der Waals surface area contributed by atoms with Crippen molar-refractivity contribution in [3.05, 3.63) is 44.5 Å². The minimum Gasteiger partial charge on any atom is -0.478 e. The van der Waals surface area contributed by atoms with Crippen molar-refractivity contribution < 1.29 is 9.90 Å². The Morgan fingerprint density at radius 1 is 1.40 bits per heavy atom. The molecule has 0 saturated carbocycles. The van der Waals surface area contributed by atoms with E-state index in [4.69, 9.17) is 0 Å². The van der Waals surface area contributed by atoms with Crippen LogP contribution >= 0.6 is 0 Å². The Balaban J connectivity index is 2.94. The zero-order valence-electron chi connectivity index (χ0n) is 11.3. The molecule has 1 aromatic carbocycles. The maximum atomic E-state index is 12.1. The molecule has 1 atom stereocenters. The summed E-state index contributed by atoms with van der Waals surface area (Å²) in [5.74, 6) is -1.13. The third-order valence-corrected chi connectivity index (χ3v) is 3.32. The molecular weight excluding hydrogens is 260 g/mol. The molecule has 6 nitrogen and oxygen atoms in total. The highest BCUT2D eigenvalue weighted by Crippen LogP contribution is 2.20. The lowest BCUT2D eigenvalue weighted by molar-refractivity contribution is 0.0698. The van der Waals surface area contributed by atoms with Crippen molar-refractivity contribution in [2.45, 2.75) is 32.7 Å². The van der Waals surface area contributed by atoms with E-state index in [1.807, 2.05) is 13.8 Å². The second-order valence-corrected chi connectivity index (χ2v) is 4.77. The minimum atomic E-state index is -1.13. The van der Waals surface area contributed by atoms with Crippen LogP contribution in [-0.4, -0.2) is 20.6 Å². The number of nitrogens with zero attached hydrogens (tertiary/aromatic N) is 1. The van der Waals surface area contributed by atoms with Crippen LogP contribution in [0.4, 0.5) is 0 Å². The van der Waals surface area contributed by atoms with Crippen LogP contribution in [0.5, 0.6) is 0 Å².